The van der Waals surface area contributed by atoms with Gasteiger partial charge in [0.1, 0.15) is 5.69 Å². The number of amides is 1. The molecule has 3 heterocycles. The lowest BCUT2D eigenvalue weighted by molar-refractivity contribution is 0.0689. The van der Waals surface area contributed by atoms with Gasteiger partial charge < -0.3 is 5.32 Å². The summed E-state index contributed by atoms with van der Waals surface area (Å²) in [6.45, 7) is 3.13. The average molecular weight is 323 g/mol. The van der Waals surface area contributed by atoms with Crippen molar-refractivity contribution in [3.63, 3.8) is 0 Å². The zero-order valence-corrected chi connectivity index (χ0v) is 13.6. The molecule has 1 N–H and O–H groups in total. The summed E-state index contributed by atoms with van der Waals surface area (Å²) < 4.78 is 0. The molecule has 2 fully saturated rings. The molecule has 6 heteroatoms. The number of aromatic nitrogens is 3. The van der Waals surface area contributed by atoms with Crippen molar-refractivity contribution in [2.45, 2.75) is 31.8 Å². The van der Waals surface area contributed by atoms with Crippen molar-refractivity contribution in [2.24, 2.45) is 5.41 Å². The molecule has 1 saturated carbocycles. The van der Waals surface area contributed by atoms with Gasteiger partial charge >= 0.3 is 0 Å². The van der Waals surface area contributed by atoms with Crippen LogP contribution in [0.25, 0.3) is 0 Å². The number of carbonyl (C=O) groups excluding carboxylic acids is 1. The Morgan fingerprint density at radius 3 is 2.92 bits per heavy atom. The van der Waals surface area contributed by atoms with Crippen LogP contribution in [0.5, 0.6) is 0 Å². The molecule has 1 amide bonds. The van der Waals surface area contributed by atoms with E-state index in [1.54, 1.807) is 12.4 Å². The minimum absolute atomic E-state index is 0.119. The molecule has 1 aliphatic carbocycles. The van der Waals surface area contributed by atoms with Crippen LogP contribution in [0.2, 0.25) is 0 Å². The summed E-state index contributed by atoms with van der Waals surface area (Å²) in [5.74, 6) is -0.119. The number of nitrogens with one attached hydrogen (secondary N) is 1. The SMILES string of the molecule is O=C(NC1CC2(CCN(Cc3ccccn3)C2)C1)c1cnccn1. The van der Waals surface area contributed by atoms with Gasteiger partial charge in [0, 0.05) is 37.7 Å². The molecular formula is C18H21N5O. The van der Waals surface area contributed by atoms with Crippen LogP contribution in [0, 0.1) is 5.41 Å². The molecular weight excluding hydrogens is 302 g/mol. The fraction of sp³-hybridized carbons (Fsp3) is 0.444. The molecule has 0 aromatic carbocycles. The molecule has 1 saturated heterocycles. The third-order valence-corrected chi connectivity index (χ3v) is 5.12. The van der Waals surface area contributed by atoms with Crippen LogP contribution in [0.15, 0.2) is 43.0 Å². The maximum absolute atomic E-state index is 12.1. The minimum atomic E-state index is -0.119. The quantitative estimate of drug-likeness (QED) is 0.926. The van der Waals surface area contributed by atoms with Crippen molar-refractivity contribution in [2.75, 3.05) is 13.1 Å². The van der Waals surface area contributed by atoms with E-state index in [1.165, 1.54) is 12.6 Å². The minimum Gasteiger partial charge on any atom is -0.348 e. The van der Waals surface area contributed by atoms with Crippen molar-refractivity contribution in [1.29, 1.82) is 0 Å². The topological polar surface area (TPSA) is 71.0 Å². The van der Waals surface area contributed by atoms with Crippen LogP contribution < -0.4 is 5.32 Å². The van der Waals surface area contributed by atoms with E-state index in [2.05, 4.69) is 31.2 Å². The van der Waals surface area contributed by atoms with E-state index in [1.807, 2.05) is 18.3 Å². The van der Waals surface area contributed by atoms with Gasteiger partial charge in [0.25, 0.3) is 5.91 Å². The summed E-state index contributed by atoms with van der Waals surface area (Å²) in [5.41, 5.74) is 1.89. The highest BCUT2D eigenvalue weighted by atomic mass is 16.2. The Kier molecular flexibility index (Phi) is 3.98. The molecule has 2 aromatic rings. The summed E-state index contributed by atoms with van der Waals surface area (Å²) in [5, 5.41) is 3.08. The lowest BCUT2D eigenvalue weighted by Crippen LogP contribution is -2.52. The first-order valence-corrected chi connectivity index (χ1v) is 8.42. The standard InChI is InChI=1S/C18H21N5O/c24-17(16-11-19-6-7-21-16)22-15-9-18(10-15)4-8-23(13-18)12-14-3-1-2-5-20-14/h1-3,5-7,11,15H,4,8-10,12-13H2,(H,22,24). The Morgan fingerprint density at radius 1 is 1.25 bits per heavy atom. The normalized spacial score (nSPS) is 26.2. The molecule has 1 spiro atoms. The first-order chi connectivity index (χ1) is 11.7. The first kappa shape index (κ1) is 15.2. The molecule has 0 bridgehead atoms. The molecule has 124 valence electrons. The number of carbonyl (C=O) groups is 1. The van der Waals surface area contributed by atoms with E-state index in [4.69, 9.17) is 0 Å². The van der Waals surface area contributed by atoms with Gasteiger partial charge in [0.05, 0.1) is 11.9 Å². The molecule has 24 heavy (non-hydrogen) atoms. The van der Waals surface area contributed by atoms with E-state index in [-0.39, 0.29) is 11.9 Å². The van der Waals surface area contributed by atoms with Crippen LogP contribution >= 0.6 is 0 Å². The Morgan fingerprint density at radius 2 is 2.17 bits per heavy atom. The van der Waals surface area contributed by atoms with Crippen molar-refractivity contribution in [3.05, 3.63) is 54.4 Å². The Balaban J connectivity index is 1.27. The molecule has 6 nitrogen and oxygen atoms in total. The van der Waals surface area contributed by atoms with Gasteiger partial charge in [-0.2, -0.15) is 0 Å². The number of likely N-dealkylation sites (tertiary alicyclic amines) is 1. The smallest absolute Gasteiger partial charge is 0.271 e. The van der Waals surface area contributed by atoms with E-state index < -0.39 is 0 Å². The average Bonchev–Trinajstić information content (AvgIpc) is 3.00. The van der Waals surface area contributed by atoms with Crippen molar-refractivity contribution in [3.8, 4) is 0 Å². The van der Waals surface area contributed by atoms with Gasteiger partial charge in [0.15, 0.2) is 0 Å². The predicted molar refractivity (Wildman–Crippen MR) is 89.1 cm³/mol. The second kappa shape index (κ2) is 6.28. The molecule has 0 unspecified atom stereocenters. The van der Waals surface area contributed by atoms with Crippen LogP contribution in [0.3, 0.4) is 0 Å². The predicted octanol–water partition coefficient (Wildman–Crippen LogP) is 1.66. The van der Waals surface area contributed by atoms with E-state index in [0.717, 1.165) is 38.2 Å². The van der Waals surface area contributed by atoms with Crippen molar-refractivity contribution in [1.82, 2.24) is 25.2 Å². The van der Waals surface area contributed by atoms with E-state index in [0.29, 0.717) is 11.1 Å². The second-order valence-electron chi connectivity index (χ2n) is 6.95. The third kappa shape index (κ3) is 3.14. The lowest BCUT2D eigenvalue weighted by Gasteiger charge is -2.45. The molecule has 0 radical (unpaired) electrons. The molecule has 4 rings (SSSR count). The van der Waals surface area contributed by atoms with E-state index in [9.17, 15) is 4.79 Å². The Bertz CT molecular complexity index is 700. The fourth-order valence-electron chi connectivity index (χ4n) is 3.98. The molecule has 0 atom stereocenters. The van der Waals surface area contributed by atoms with Crippen LogP contribution in [-0.2, 0) is 6.54 Å². The number of rotatable bonds is 4. The van der Waals surface area contributed by atoms with Crippen LogP contribution in [0.1, 0.15) is 35.4 Å². The molecule has 2 aliphatic rings. The monoisotopic (exact) mass is 323 g/mol. The van der Waals surface area contributed by atoms with Crippen LogP contribution in [-0.4, -0.2) is 44.9 Å². The van der Waals surface area contributed by atoms with Gasteiger partial charge in [-0.05, 0) is 43.4 Å². The number of hydrogen-bond acceptors (Lipinski definition) is 5. The fourth-order valence-corrected chi connectivity index (χ4v) is 3.98. The number of nitrogens with zero attached hydrogens (tertiary/aromatic N) is 4. The Labute approximate surface area is 141 Å². The summed E-state index contributed by atoms with van der Waals surface area (Å²) in [6, 6.07) is 6.32. The summed E-state index contributed by atoms with van der Waals surface area (Å²) in [7, 11) is 0. The highest BCUT2D eigenvalue weighted by Gasteiger charge is 2.48. The maximum Gasteiger partial charge on any atom is 0.271 e. The first-order valence-electron chi connectivity index (χ1n) is 8.42. The third-order valence-electron chi connectivity index (χ3n) is 5.12. The Hall–Kier alpha value is -2.34. The van der Waals surface area contributed by atoms with Gasteiger partial charge in [0.2, 0.25) is 0 Å². The zero-order valence-electron chi connectivity index (χ0n) is 13.6. The van der Waals surface area contributed by atoms with Gasteiger partial charge in [-0.15, -0.1) is 0 Å². The van der Waals surface area contributed by atoms with Gasteiger partial charge in [-0.3, -0.25) is 19.7 Å². The summed E-state index contributed by atoms with van der Waals surface area (Å²) in [6.07, 6.45) is 9.79. The zero-order chi connectivity index (χ0) is 16.4. The van der Waals surface area contributed by atoms with Gasteiger partial charge in [-0.1, -0.05) is 6.07 Å². The van der Waals surface area contributed by atoms with Gasteiger partial charge in [-0.25, -0.2) is 4.98 Å². The molecule has 1 aliphatic heterocycles. The highest BCUT2D eigenvalue weighted by Crippen LogP contribution is 2.48. The maximum atomic E-state index is 12.1. The van der Waals surface area contributed by atoms with E-state index >= 15 is 0 Å². The number of hydrogen-bond donors (Lipinski definition) is 1. The summed E-state index contributed by atoms with van der Waals surface area (Å²) in [4.78, 5) is 27.0. The lowest BCUT2D eigenvalue weighted by atomic mass is 9.65. The largest absolute Gasteiger partial charge is 0.348 e. The number of pyridine rings is 1. The van der Waals surface area contributed by atoms with Crippen molar-refractivity contribution >= 4 is 5.91 Å². The second-order valence-corrected chi connectivity index (χ2v) is 6.95. The van der Waals surface area contributed by atoms with Crippen LogP contribution in [0.4, 0.5) is 0 Å². The highest BCUT2D eigenvalue weighted by molar-refractivity contribution is 5.92. The summed E-state index contributed by atoms with van der Waals surface area (Å²) >= 11 is 0. The molecule has 2 aromatic heterocycles. The van der Waals surface area contributed by atoms with Crippen molar-refractivity contribution < 1.29 is 4.79 Å².